The van der Waals surface area contributed by atoms with Crippen molar-refractivity contribution in [1.82, 2.24) is 4.90 Å². The third-order valence-electron chi connectivity index (χ3n) is 4.40. The first-order chi connectivity index (χ1) is 13.5. The molecule has 3 rings (SSSR count). The van der Waals surface area contributed by atoms with Crippen molar-refractivity contribution in [3.05, 3.63) is 63.7 Å². The number of carbonyl (C=O) groups is 1. The lowest BCUT2D eigenvalue weighted by Crippen LogP contribution is -2.26. The zero-order chi connectivity index (χ0) is 20.1. The monoisotopic (exact) mass is 400 g/mol. The summed E-state index contributed by atoms with van der Waals surface area (Å²) in [6.45, 7) is 4.13. The average molecular weight is 400 g/mol. The Balaban J connectivity index is 1.79. The Hall–Kier alpha value is -3.00. The van der Waals surface area contributed by atoms with E-state index in [1.807, 2.05) is 13.0 Å². The van der Waals surface area contributed by atoms with Gasteiger partial charge in [-0.2, -0.15) is 0 Å². The molecule has 28 heavy (non-hydrogen) atoms. The Kier molecular flexibility index (Phi) is 6.20. The van der Waals surface area contributed by atoms with Gasteiger partial charge in [-0.25, -0.2) is 4.79 Å². The van der Waals surface area contributed by atoms with Crippen LogP contribution in [0.5, 0.6) is 11.5 Å². The van der Waals surface area contributed by atoms with Crippen molar-refractivity contribution < 1.29 is 19.2 Å². The number of ether oxygens (including phenoxy) is 2. The van der Waals surface area contributed by atoms with Crippen LogP contribution in [-0.2, 0) is 0 Å². The molecule has 1 aliphatic heterocycles. The van der Waals surface area contributed by atoms with Crippen molar-refractivity contribution in [1.29, 1.82) is 0 Å². The van der Waals surface area contributed by atoms with Crippen LogP contribution >= 0.6 is 12.2 Å². The summed E-state index contributed by atoms with van der Waals surface area (Å²) in [5.41, 5.74) is 0.964. The summed E-state index contributed by atoms with van der Waals surface area (Å²) in [5.74, 6) is 0.0840. The molecule has 0 unspecified atom stereocenters. The lowest BCUT2D eigenvalue weighted by molar-refractivity contribution is -0.384. The smallest absolute Gasteiger partial charge is 0.343 e. The third-order valence-corrected chi connectivity index (χ3v) is 4.89. The summed E-state index contributed by atoms with van der Waals surface area (Å²) in [6.07, 6.45) is 2.26. The molecule has 0 spiro atoms. The van der Waals surface area contributed by atoms with E-state index in [2.05, 4.69) is 4.90 Å². The molecule has 146 valence electrons. The second-order valence-corrected chi connectivity index (χ2v) is 6.67. The number of nitro benzene ring substituents is 1. The quantitative estimate of drug-likeness (QED) is 0.238. The first-order valence-corrected chi connectivity index (χ1v) is 9.43. The number of hydrogen-bond acceptors (Lipinski definition) is 6. The number of carbonyl (C=O) groups excluding carboxylic acids is 1. The van der Waals surface area contributed by atoms with E-state index in [1.165, 1.54) is 24.3 Å². The first kappa shape index (κ1) is 19.8. The minimum absolute atomic E-state index is 0.0914. The molecule has 2 aromatic rings. The molecule has 0 atom stereocenters. The summed E-state index contributed by atoms with van der Waals surface area (Å²) in [6, 6.07) is 10.5. The summed E-state index contributed by atoms with van der Waals surface area (Å²) in [5, 5.41) is 10.7. The van der Waals surface area contributed by atoms with E-state index in [1.54, 1.807) is 12.1 Å². The molecular formula is C20H20N2O5S. The fraction of sp³-hybridized carbons (Fsp3) is 0.300. The molecule has 1 heterocycles. The normalized spacial score (nSPS) is 13.2. The van der Waals surface area contributed by atoms with Crippen molar-refractivity contribution in [2.45, 2.75) is 19.8 Å². The summed E-state index contributed by atoms with van der Waals surface area (Å²) in [4.78, 5) is 25.5. The van der Waals surface area contributed by atoms with Gasteiger partial charge in [-0.05, 0) is 50.1 Å². The summed E-state index contributed by atoms with van der Waals surface area (Å²) >= 11 is 5.57. The van der Waals surface area contributed by atoms with Gasteiger partial charge in [-0.3, -0.25) is 10.1 Å². The number of rotatable bonds is 6. The van der Waals surface area contributed by atoms with E-state index in [9.17, 15) is 14.9 Å². The second kappa shape index (κ2) is 8.79. The van der Waals surface area contributed by atoms with Gasteiger partial charge in [0.15, 0.2) is 11.5 Å². The molecule has 0 aromatic heterocycles. The van der Waals surface area contributed by atoms with Crippen LogP contribution in [0.1, 0.15) is 35.7 Å². The maximum atomic E-state index is 12.4. The van der Waals surface area contributed by atoms with Gasteiger partial charge in [0.2, 0.25) is 0 Å². The van der Waals surface area contributed by atoms with Gasteiger partial charge in [0, 0.05) is 30.8 Å². The van der Waals surface area contributed by atoms with E-state index in [4.69, 9.17) is 21.7 Å². The maximum Gasteiger partial charge on any atom is 0.343 e. The van der Waals surface area contributed by atoms with Crippen molar-refractivity contribution in [3.63, 3.8) is 0 Å². The van der Waals surface area contributed by atoms with Gasteiger partial charge >= 0.3 is 5.97 Å². The van der Waals surface area contributed by atoms with Crippen LogP contribution in [0, 0.1) is 10.1 Å². The van der Waals surface area contributed by atoms with E-state index in [0.29, 0.717) is 12.4 Å². The second-order valence-electron chi connectivity index (χ2n) is 6.29. The van der Waals surface area contributed by atoms with Crippen LogP contribution in [0.25, 0.3) is 0 Å². The third kappa shape index (κ3) is 4.45. The molecule has 0 bridgehead atoms. The Labute approximate surface area is 168 Å². The first-order valence-electron chi connectivity index (χ1n) is 9.02. The minimum Gasteiger partial charge on any atom is -0.490 e. The van der Waals surface area contributed by atoms with E-state index in [0.717, 1.165) is 36.5 Å². The predicted octanol–water partition coefficient (Wildman–Crippen LogP) is 3.98. The van der Waals surface area contributed by atoms with Crippen LogP contribution < -0.4 is 9.47 Å². The van der Waals surface area contributed by atoms with Crippen molar-refractivity contribution >= 4 is 28.9 Å². The van der Waals surface area contributed by atoms with Gasteiger partial charge in [0.1, 0.15) is 4.99 Å². The molecule has 8 heteroatoms. The molecule has 7 nitrogen and oxygen atoms in total. The van der Waals surface area contributed by atoms with Crippen molar-refractivity contribution in [2.75, 3.05) is 19.7 Å². The molecule has 1 aliphatic rings. The van der Waals surface area contributed by atoms with E-state index in [-0.39, 0.29) is 17.0 Å². The number of thiocarbonyl (C=S) groups is 1. The number of nitro groups is 1. The van der Waals surface area contributed by atoms with Gasteiger partial charge in [-0.1, -0.05) is 12.2 Å². The standard InChI is InChI=1S/C20H20N2O5S/c1-2-26-18-13-15(19(28)21-11-3-4-12-21)7-10-17(18)27-20(23)14-5-8-16(9-6-14)22(24)25/h5-10,13H,2-4,11-12H2,1H3. The van der Waals surface area contributed by atoms with Gasteiger partial charge in [0.05, 0.1) is 17.1 Å². The molecule has 1 fully saturated rings. The highest BCUT2D eigenvalue weighted by molar-refractivity contribution is 7.80. The number of likely N-dealkylation sites (tertiary alicyclic amines) is 1. The van der Waals surface area contributed by atoms with Gasteiger partial charge in [0.25, 0.3) is 5.69 Å². The number of esters is 1. The van der Waals surface area contributed by atoms with Crippen molar-refractivity contribution in [3.8, 4) is 11.5 Å². The SMILES string of the molecule is CCOc1cc(C(=S)N2CCCC2)ccc1OC(=O)c1ccc([N+](=O)[O-])cc1. The fourth-order valence-corrected chi connectivity index (χ4v) is 3.28. The van der Waals surface area contributed by atoms with Crippen LogP contribution in [0.4, 0.5) is 5.69 Å². The average Bonchev–Trinajstić information content (AvgIpc) is 3.23. The molecule has 0 N–H and O–H groups in total. The molecule has 2 aromatic carbocycles. The number of non-ortho nitro benzene ring substituents is 1. The topological polar surface area (TPSA) is 81.9 Å². The van der Waals surface area contributed by atoms with Crippen LogP contribution in [0.3, 0.4) is 0 Å². The van der Waals surface area contributed by atoms with Crippen molar-refractivity contribution in [2.24, 2.45) is 0 Å². The largest absolute Gasteiger partial charge is 0.490 e. The molecule has 0 saturated carbocycles. The van der Waals surface area contributed by atoms with E-state index >= 15 is 0 Å². The Morgan fingerprint density at radius 2 is 1.75 bits per heavy atom. The zero-order valence-corrected chi connectivity index (χ0v) is 16.2. The lowest BCUT2D eigenvalue weighted by Gasteiger charge is -2.20. The van der Waals surface area contributed by atoms with Crippen LogP contribution in [0.2, 0.25) is 0 Å². The van der Waals surface area contributed by atoms with Crippen LogP contribution in [0.15, 0.2) is 42.5 Å². The zero-order valence-electron chi connectivity index (χ0n) is 15.4. The highest BCUT2D eigenvalue weighted by atomic mass is 32.1. The molecule has 1 saturated heterocycles. The fourth-order valence-electron chi connectivity index (χ4n) is 2.97. The number of nitrogens with zero attached hydrogens (tertiary/aromatic N) is 2. The highest BCUT2D eigenvalue weighted by Gasteiger charge is 2.19. The van der Waals surface area contributed by atoms with Gasteiger partial charge < -0.3 is 14.4 Å². The molecule has 0 aliphatic carbocycles. The minimum atomic E-state index is -0.620. The number of benzene rings is 2. The van der Waals surface area contributed by atoms with Gasteiger partial charge in [-0.15, -0.1) is 0 Å². The summed E-state index contributed by atoms with van der Waals surface area (Å²) < 4.78 is 11.1. The molecule has 0 amide bonds. The Morgan fingerprint density at radius 3 is 2.36 bits per heavy atom. The highest BCUT2D eigenvalue weighted by Crippen LogP contribution is 2.30. The Bertz CT molecular complexity index is 892. The Morgan fingerprint density at radius 1 is 1.11 bits per heavy atom. The summed E-state index contributed by atoms with van der Waals surface area (Å²) in [7, 11) is 0. The van der Waals surface area contributed by atoms with Crippen LogP contribution in [-0.4, -0.2) is 40.5 Å². The molecular weight excluding hydrogens is 380 g/mol. The molecule has 0 radical (unpaired) electrons. The predicted molar refractivity (Wildman–Crippen MR) is 108 cm³/mol. The lowest BCUT2D eigenvalue weighted by atomic mass is 10.1. The van der Waals surface area contributed by atoms with E-state index < -0.39 is 10.9 Å². The maximum absolute atomic E-state index is 12.4. The number of hydrogen-bond donors (Lipinski definition) is 0.